The molecule has 0 amide bonds. The van der Waals surface area contributed by atoms with Crippen LogP contribution < -0.4 is 0 Å². The van der Waals surface area contributed by atoms with Gasteiger partial charge in [0.1, 0.15) is 10.0 Å². The third-order valence-corrected chi connectivity index (χ3v) is 3.55. The zero-order chi connectivity index (χ0) is 9.84. The van der Waals surface area contributed by atoms with Gasteiger partial charge in [-0.25, -0.2) is 0 Å². The van der Waals surface area contributed by atoms with Crippen molar-refractivity contribution in [1.82, 2.24) is 10.2 Å². The molecule has 1 aromatic rings. The van der Waals surface area contributed by atoms with Crippen LogP contribution in [0.15, 0.2) is 0 Å². The first-order chi connectivity index (χ1) is 6.15. The minimum Gasteiger partial charge on any atom is -0.144 e. The van der Waals surface area contributed by atoms with E-state index in [1.54, 1.807) is 11.3 Å². The minimum absolute atomic E-state index is 0.501. The van der Waals surface area contributed by atoms with Crippen LogP contribution in [0.2, 0.25) is 0 Å². The molecule has 0 spiro atoms. The lowest BCUT2D eigenvalue weighted by Gasteiger charge is -2.10. The molecular weight excluding hydrogens is 204 g/mol. The Morgan fingerprint density at radius 2 is 2.00 bits per heavy atom. The van der Waals surface area contributed by atoms with Gasteiger partial charge in [-0.15, -0.1) is 33.1 Å². The fourth-order valence-electron chi connectivity index (χ4n) is 0.918. The van der Waals surface area contributed by atoms with E-state index in [1.807, 2.05) is 0 Å². The van der Waals surface area contributed by atoms with Gasteiger partial charge in [0, 0.05) is 18.2 Å². The van der Waals surface area contributed by atoms with E-state index in [-0.39, 0.29) is 0 Å². The minimum atomic E-state index is 0.501. The van der Waals surface area contributed by atoms with Crippen molar-refractivity contribution in [3.8, 4) is 0 Å². The number of aromatic nitrogens is 2. The Bertz CT molecular complexity index is 260. The highest BCUT2D eigenvalue weighted by Crippen LogP contribution is 2.26. The van der Waals surface area contributed by atoms with Gasteiger partial charge in [0.2, 0.25) is 0 Å². The van der Waals surface area contributed by atoms with E-state index in [0.717, 1.165) is 16.4 Å². The molecule has 2 nitrogen and oxygen atoms in total. The molecule has 0 saturated heterocycles. The van der Waals surface area contributed by atoms with Crippen LogP contribution in [0, 0.1) is 5.92 Å². The van der Waals surface area contributed by atoms with Crippen LogP contribution in [0.3, 0.4) is 0 Å². The summed E-state index contributed by atoms with van der Waals surface area (Å²) in [5.41, 5.74) is 0. The Hall–Kier alpha value is -0.150. The molecule has 1 atom stereocenters. The Kier molecular flexibility index (Phi) is 4.13. The summed E-state index contributed by atoms with van der Waals surface area (Å²) in [7, 11) is 0. The Morgan fingerprint density at radius 3 is 2.54 bits per heavy atom. The van der Waals surface area contributed by atoms with Crippen LogP contribution >= 0.6 is 22.9 Å². The van der Waals surface area contributed by atoms with E-state index in [4.69, 9.17) is 11.6 Å². The van der Waals surface area contributed by atoms with Gasteiger partial charge in [0.15, 0.2) is 0 Å². The van der Waals surface area contributed by atoms with Crippen LogP contribution in [0.5, 0.6) is 0 Å². The van der Waals surface area contributed by atoms with E-state index >= 15 is 0 Å². The van der Waals surface area contributed by atoms with Gasteiger partial charge >= 0.3 is 0 Å². The average Bonchev–Trinajstić information content (AvgIpc) is 2.52. The molecule has 0 aliphatic heterocycles. The van der Waals surface area contributed by atoms with Crippen molar-refractivity contribution in [3.05, 3.63) is 10.0 Å². The summed E-state index contributed by atoms with van der Waals surface area (Å²) in [6.45, 7) is 6.59. The normalized spacial score (nSPS) is 13.6. The molecule has 1 rings (SSSR count). The number of halogens is 1. The maximum Gasteiger partial charge on any atom is 0.120 e. The average molecular weight is 219 g/mol. The number of rotatable bonds is 4. The molecule has 1 aromatic heterocycles. The summed E-state index contributed by atoms with van der Waals surface area (Å²) in [5.74, 6) is 1.75. The molecule has 4 heteroatoms. The summed E-state index contributed by atoms with van der Waals surface area (Å²) in [6, 6.07) is 0. The van der Waals surface area contributed by atoms with Gasteiger partial charge in [-0.1, -0.05) is 20.8 Å². The number of aryl methyl sites for hydroxylation is 1. The molecule has 74 valence electrons. The predicted molar refractivity (Wildman–Crippen MR) is 57.6 cm³/mol. The fraction of sp³-hybridized carbons (Fsp3) is 0.778. The molecule has 0 aromatic carbocycles. The molecular formula is C9H15ClN2S. The highest BCUT2D eigenvalue weighted by molar-refractivity contribution is 7.11. The maximum absolute atomic E-state index is 5.63. The topological polar surface area (TPSA) is 25.8 Å². The van der Waals surface area contributed by atoms with Crippen molar-refractivity contribution >= 4 is 22.9 Å². The van der Waals surface area contributed by atoms with Gasteiger partial charge in [0.25, 0.3) is 0 Å². The van der Waals surface area contributed by atoms with E-state index < -0.39 is 0 Å². The first-order valence-electron chi connectivity index (χ1n) is 4.53. The molecule has 0 aliphatic rings. The fourth-order valence-corrected chi connectivity index (χ4v) is 2.28. The van der Waals surface area contributed by atoms with Crippen molar-refractivity contribution in [2.75, 3.05) is 5.88 Å². The molecule has 0 saturated carbocycles. The highest BCUT2D eigenvalue weighted by Gasteiger charge is 2.14. The van der Waals surface area contributed by atoms with Crippen LogP contribution in [-0.4, -0.2) is 16.1 Å². The number of hydrogen-bond donors (Lipinski definition) is 0. The monoisotopic (exact) mass is 218 g/mol. The van der Waals surface area contributed by atoms with Crippen molar-refractivity contribution < 1.29 is 0 Å². The molecule has 0 radical (unpaired) electrons. The van der Waals surface area contributed by atoms with E-state index in [2.05, 4.69) is 31.0 Å². The van der Waals surface area contributed by atoms with Crippen LogP contribution in [0.1, 0.15) is 36.7 Å². The Morgan fingerprint density at radius 1 is 1.31 bits per heavy atom. The summed E-state index contributed by atoms with van der Waals surface area (Å²) in [6.07, 6.45) is 0.837. The smallest absolute Gasteiger partial charge is 0.120 e. The summed E-state index contributed by atoms with van der Waals surface area (Å²) in [4.78, 5) is 0. The van der Waals surface area contributed by atoms with Crippen LogP contribution in [-0.2, 0) is 6.42 Å². The Labute approximate surface area is 88.3 Å². The van der Waals surface area contributed by atoms with Crippen molar-refractivity contribution in [1.29, 1.82) is 0 Å². The van der Waals surface area contributed by atoms with Gasteiger partial charge in [-0.05, 0) is 5.92 Å². The zero-order valence-corrected chi connectivity index (χ0v) is 9.82. The lowest BCUT2D eigenvalue weighted by molar-refractivity contribution is 0.529. The maximum atomic E-state index is 5.63. The second-order valence-electron chi connectivity index (χ2n) is 3.51. The van der Waals surface area contributed by atoms with Crippen molar-refractivity contribution in [3.63, 3.8) is 0 Å². The van der Waals surface area contributed by atoms with Crippen LogP contribution in [0.4, 0.5) is 0 Å². The van der Waals surface area contributed by atoms with E-state index in [0.29, 0.717) is 17.7 Å². The molecule has 13 heavy (non-hydrogen) atoms. The van der Waals surface area contributed by atoms with Gasteiger partial charge in [-0.2, -0.15) is 0 Å². The largest absolute Gasteiger partial charge is 0.144 e. The molecule has 1 unspecified atom stereocenters. The molecule has 0 N–H and O–H groups in total. The quantitative estimate of drug-likeness (QED) is 0.726. The molecule has 0 bridgehead atoms. The van der Waals surface area contributed by atoms with E-state index in [9.17, 15) is 0 Å². The number of alkyl halides is 1. The summed E-state index contributed by atoms with van der Waals surface area (Å²) in [5, 5.41) is 10.4. The zero-order valence-electron chi connectivity index (χ0n) is 8.25. The first kappa shape index (κ1) is 10.9. The van der Waals surface area contributed by atoms with Gasteiger partial charge in [0.05, 0.1) is 0 Å². The SMILES string of the molecule is CC(C)C(C)c1nnc(CCCl)s1. The second kappa shape index (κ2) is 4.91. The molecule has 0 aliphatic carbocycles. The molecule has 0 fully saturated rings. The lowest BCUT2D eigenvalue weighted by atomic mass is 9.99. The highest BCUT2D eigenvalue weighted by atomic mass is 35.5. The van der Waals surface area contributed by atoms with Gasteiger partial charge < -0.3 is 0 Å². The number of nitrogens with zero attached hydrogens (tertiary/aromatic N) is 2. The second-order valence-corrected chi connectivity index (χ2v) is 4.98. The van der Waals surface area contributed by atoms with Gasteiger partial charge in [-0.3, -0.25) is 0 Å². The third kappa shape index (κ3) is 2.92. The summed E-state index contributed by atoms with van der Waals surface area (Å²) >= 11 is 7.31. The lowest BCUT2D eigenvalue weighted by Crippen LogP contribution is -2.00. The standard InChI is InChI=1S/C9H15ClN2S/c1-6(2)7(3)9-12-11-8(13-9)4-5-10/h6-7H,4-5H2,1-3H3. The third-order valence-electron chi connectivity index (χ3n) is 2.18. The Balaban J connectivity index is 2.67. The van der Waals surface area contributed by atoms with E-state index in [1.165, 1.54) is 0 Å². The number of hydrogen-bond acceptors (Lipinski definition) is 3. The predicted octanol–water partition coefficient (Wildman–Crippen LogP) is 3.08. The van der Waals surface area contributed by atoms with Crippen molar-refractivity contribution in [2.45, 2.75) is 33.1 Å². The first-order valence-corrected chi connectivity index (χ1v) is 5.88. The van der Waals surface area contributed by atoms with Crippen molar-refractivity contribution in [2.24, 2.45) is 5.92 Å². The summed E-state index contributed by atoms with van der Waals surface area (Å²) < 4.78 is 0. The molecule has 1 heterocycles. The van der Waals surface area contributed by atoms with Crippen LogP contribution in [0.25, 0.3) is 0 Å².